The smallest absolute Gasteiger partial charge is 0.174 e. The number of aromatic hydroxyl groups is 1. The van der Waals surface area contributed by atoms with Gasteiger partial charge in [0.25, 0.3) is 0 Å². The van der Waals surface area contributed by atoms with Crippen LogP contribution in [0.3, 0.4) is 0 Å². The number of rotatable bonds is 3. The minimum absolute atomic E-state index is 0.158. The van der Waals surface area contributed by atoms with Gasteiger partial charge in [0.05, 0.1) is 11.3 Å². The van der Waals surface area contributed by atoms with Crippen LogP contribution in [0.1, 0.15) is 5.69 Å². The predicted molar refractivity (Wildman–Crippen MR) is 93.5 cm³/mol. The Labute approximate surface area is 143 Å². The molecule has 5 heteroatoms. The molecular weight excluding hydrogens is 319 g/mol. The highest BCUT2D eigenvalue weighted by atomic mass is 19.1. The van der Waals surface area contributed by atoms with Gasteiger partial charge in [0.15, 0.2) is 11.6 Å². The molecule has 0 bridgehead atoms. The largest absolute Gasteiger partial charge is 0.507 e. The fraction of sp³-hybridized carbons (Fsp3) is 0.0500. The van der Waals surface area contributed by atoms with Crippen LogP contribution in [-0.4, -0.2) is 15.1 Å². The van der Waals surface area contributed by atoms with Gasteiger partial charge in [-0.1, -0.05) is 12.1 Å². The molecule has 0 atom stereocenters. The van der Waals surface area contributed by atoms with Gasteiger partial charge in [-0.3, -0.25) is 0 Å². The number of benzene rings is 2. The number of hydrogen-bond donors (Lipinski definition) is 2. The molecular formula is C20H15FN2O2. The molecule has 0 aliphatic heterocycles. The van der Waals surface area contributed by atoms with Crippen molar-refractivity contribution >= 4 is 0 Å². The lowest BCUT2D eigenvalue weighted by Gasteiger charge is -1.99. The Morgan fingerprint density at radius 2 is 1.68 bits per heavy atom. The number of imidazole rings is 1. The third-order valence-electron chi connectivity index (χ3n) is 4.01. The lowest BCUT2D eigenvalue weighted by Crippen LogP contribution is -1.82. The average Bonchev–Trinajstić information content (AvgIpc) is 3.23. The number of halogens is 1. The van der Waals surface area contributed by atoms with E-state index in [2.05, 4.69) is 9.97 Å². The molecule has 0 fully saturated rings. The maximum atomic E-state index is 13.1. The molecule has 4 aromatic rings. The first-order valence-electron chi connectivity index (χ1n) is 7.83. The third kappa shape index (κ3) is 2.80. The summed E-state index contributed by atoms with van der Waals surface area (Å²) in [6, 6.07) is 16.8. The molecule has 0 saturated heterocycles. The molecule has 25 heavy (non-hydrogen) atoms. The van der Waals surface area contributed by atoms with Crippen LogP contribution in [0, 0.1) is 12.7 Å². The van der Waals surface area contributed by atoms with Crippen LogP contribution in [0.15, 0.2) is 65.1 Å². The first-order chi connectivity index (χ1) is 12.1. The van der Waals surface area contributed by atoms with Gasteiger partial charge >= 0.3 is 0 Å². The zero-order chi connectivity index (χ0) is 17.4. The molecule has 2 N–H and O–H groups in total. The lowest BCUT2D eigenvalue weighted by atomic mass is 10.1. The van der Waals surface area contributed by atoms with Gasteiger partial charge in [0.1, 0.15) is 17.3 Å². The number of nitrogens with one attached hydrogen (secondary N) is 1. The molecule has 4 rings (SSSR count). The SMILES string of the molecule is Cc1[nH]c(-c2ccc(-c3ccccc3O)o2)nc1-c1ccc(F)cc1. The monoisotopic (exact) mass is 334 g/mol. The van der Waals surface area contributed by atoms with Crippen molar-refractivity contribution in [1.82, 2.24) is 9.97 Å². The van der Waals surface area contributed by atoms with E-state index in [0.717, 1.165) is 17.0 Å². The van der Waals surface area contributed by atoms with E-state index in [1.54, 1.807) is 42.5 Å². The average molecular weight is 334 g/mol. The van der Waals surface area contributed by atoms with Crippen molar-refractivity contribution in [3.05, 3.63) is 72.2 Å². The summed E-state index contributed by atoms with van der Waals surface area (Å²) in [6.07, 6.45) is 0. The van der Waals surface area contributed by atoms with Crippen molar-refractivity contribution in [3.63, 3.8) is 0 Å². The van der Waals surface area contributed by atoms with Crippen molar-refractivity contribution in [2.75, 3.05) is 0 Å². The van der Waals surface area contributed by atoms with Gasteiger partial charge in [-0.15, -0.1) is 0 Å². The summed E-state index contributed by atoms with van der Waals surface area (Å²) in [5.41, 5.74) is 3.06. The number of aryl methyl sites for hydroxylation is 1. The molecule has 2 aromatic carbocycles. The summed E-state index contributed by atoms with van der Waals surface area (Å²) in [5.74, 6) is 1.58. The Morgan fingerprint density at radius 1 is 0.960 bits per heavy atom. The molecule has 0 radical (unpaired) electrons. The number of para-hydroxylation sites is 1. The first kappa shape index (κ1) is 15.2. The highest BCUT2D eigenvalue weighted by Gasteiger charge is 2.15. The minimum Gasteiger partial charge on any atom is -0.507 e. The van der Waals surface area contributed by atoms with E-state index in [9.17, 15) is 9.50 Å². The van der Waals surface area contributed by atoms with Crippen LogP contribution in [0.5, 0.6) is 5.75 Å². The Hall–Kier alpha value is -3.34. The van der Waals surface area contributed by atoms with Crippen molar-refractivity contribution in [2.24, 2.45) is 0 Å². The second-order valence-corrected chi connectivity index (χ2v) is 5.75. The Kier molecular flexibility index (Phi) is 3.61. The standard InChI is InChI=1S/C20H15FN2O2/c1-12-19(13-6-8-14(21)9-7-13)23-20(22-12)18-11-10-17(25-18)15-4-2-3-5-16(15)24/h2-11,24H,1H3,(H,22,23). The maximum Gasteiger partial charge on any atom is 0.174 e. The van der Waals surface area contributed by atoms with Crippen molar-refractivity contribution in [2.45, 2.75) is 6.92 Å². The van der Waals surface area contributed by atoms with Crippen LogP contribution < -0.4 is 0 Å². The van der Waals surface area contributed by atoms with E-state index in [0.29, 0.717) is 22.9 Å². The van der Waals surface area contributed by atoms with Gasteiger partial charge in [-0.25, -0.2) is 9.37 Å². The molecule has 4 nitrogen and oxygen atoms in total. The molecule has 2 heterocycles. The molecule has 0 aliphatic carbocycles. The number of H-pyrrole nitrogens is 1. The molecule has 0 amide bonds. The first-order valence-corrected chi connectivity index (χ1v) is 7.83. The number of phenols is 1. The van der Waals surface area contributed by atoms with Crippen molar-refractivity contribution < 1.29 is 13.9 Å². The Balaban J connectivity index is 1.71. The summed E-state index contributed by atoms with van der Waals surface area (Å²) in [5, 5.41) is 9.95. The van der Waals surface area contributed by atoms with Gasteiger partial charge in [0.2, 0.25) is 0 Å². The van der Waals surface area contributed by atoms with E-state index >= 15 is 0 Å². The second-order valence-electron chi connectivity index (χ2n) is 5.75. The van der Waals surface area contributed by atoms with Crippen LogP contribution in [0.2, 0.25) is 0 Å². The lowest BCUT2D eigenvalue weighted by molar-refractivity contribution is 0.474. The number of nitrogens with zero attached hydrogens (tertiary/aromatic N) is 1. The molecule has 0 unspecified atom stereocenters. The van der Waals surface area contributed by atoms with Crippen molar-refractivity contribution in [1.29, 1.82) is 0 Å². The van der Waals surface area contributed by atoms with Crippen LogP contribution in [-0.2, 0) is 0 Å². The van der Waals surface area contributed by atoms with E-state index in [-0.39, 0.29) is 11.6 Å². The number of aromatic amines is 1. The van der Waals surface area contributed by atoms with Gasteiger partial charge in [-0.2, -0.15) is 0 Å². The fourth-order valence-corrected chi connectivity index (χ4v) is 2.76. The highest BCUT2D eigenvalue weighted by molar-refractivity contribution is 5.69. The summed E-state index contributed by atoms with van der Waals surface area (Å²) >= 11 is 0. The number of furan rings is 1. The zero-order valence-corrected chi connectivity index (χ0v) is 13.5. The fourth-order valence-electron chi connectivity index (χ4n) is 2.76. The number of hydrogen-bond acceptors (Lipinski definition) is 3. The second kappa shape index (κ2) is 5.94. The van der Waals surface area contributed by atoms with Gasteiger partial charge in [0, 0.05) is 11.3 Å². The Morgan fingerprint density at radius 3 is 2.44 bits per heavy atom. The van der Waals surface area contributed by atoms with E-state index < -0.39 is 0 Å². The zero-order valence-electron chi connectivity index (χ0n) is 13.5. The molecule has 0 spiro atoms. The molecule has 2 aromatic heterocycles. The van der Waals surface area contributed by atoms with Crippen LogP contribution in [0.4, 0.5) is 4.39 Å². The van der Waals surface area contributed by atoms with E-state index in [4.69, 9.17) is 4.42 Å². The maximum absolute atomic E-state index is 13.1. The number of aromatic nitrogens is 2. The quantitative estimate of drug-likeness (QED) is 0.544. The van der Waals surface area contributed by atoms with Crippen LogP contribution in [0.25, 0.3) is 34.2 Å². The highest BCUT2D eigenvalue weighted by Crippen LogP contribution is 2.33. The molecule has 124 valence electrons. The van der Waals surface area contributed by atoms with Crippen LogP contribution >= 0.6 is 0 Å². The number of phenolic OH excluding ortho intramolecular Hbond substituents is 1. The third-order valence-corrected chi connectivity index (χ3v) is 4.01. The summed E-state index contributed by atoms with van der Waals surface area (Å²) < 4.78 is 19.0. The van der Waals surface area contributed by atoms with Crippen molar-refractivity contribution in [3.8, 4) is 39.9 Å². The summed E-state index contributed by atoms with van der Waals surface area (Å²) in [7, 11) is 0. The topological polar surface area (TPSA) is 62.0 Å². The minimum atomic E-state index is -0.282. The summed E-state index contributed by atoms with van der Waals surface area (Å²) in [6.45, 7) is 1.90. The molecule has 0 saturated carbocycles. The van der Waals surface area contributed by atoms with E-state index in [1.807, 2.05) is 13.0 Å². The predicted octanol–water partition coefficient (Wildman–Crippen LogP) is 5.16. The van der Waals surface area contributed by atoms with E-state index in [1.165, 1.54) is 12.1 Å². The molecule has 0 aliphatic rings. The van der Waals surface area contributed by atoms with Gasteiger partial charge < -0.3 is 14.5 Å². The normalized spacial score (nSPS) is 11.0. The Bertz CT molecular complexity index is 1030. The van der Waals surface area contributed by atoms with Gasteiger partial charge in [-0.05, 0) is 55.5 Å². The summed E-state index contributed by atoms with van der Waals surface area (Å²) in [4.78, 5) is 7.77.